The van der Waals surface area contributed by atoms with Gasteiger partial charge in [-0.1, -0.05) is 0 Å². The molecule has 2 unspecified atom stereocenters. The summed E-state index contributed by atoms with van der Waals surface area (Å²) < 4.78 is 5.23. The number of methoxy groups -OCH3 is 1. The third-order valence-electron chi connectivity index (χ3n) is 3.83. The van der Waals surface area contributed by atoms with Crippen LogP contribution in [0.2, 0.25) is 0 Å². The quantitative estimate of drug-likeness (QED) is 0.709. The molecule has 1 heterocycles. The molecule has 0 saturated heterocycles. The van der Waals surface area contributed by atoms with Crippen LogP contribution in [-0.4, -0.2) is 20.0 Å². The molecule has 1 aliphatic rings. The van der Waals surface area contributed by atoms with Crippen LogP contribution in [0.15, 0.2) is 48.5 Å². The van der Waals surface area contributed by atoms with Gasteiger partial charge in [-0.15, -0.1) is 0 Å². The van der Waals surface area contributed by atoms with Crippen LogP contribution in [0.4, 0.5) is 0 Å². The maximum absolute atomic E-state index is 5.23. The summed E-state index contributed by atoms with van der Waals surface area (Å²) in [5, 5.41) is 0. The third-order valence-corrected chi connectivity index (χ3v) is 3.83. The van der Waals surface area contributed by atoms with Crippen molar-refractivity contribution in [3.63, 3.8) is 0 Å². The first-order valence-corrected chi connectivity index (χ1v) is 7.43. The van der Waals surface area contributed by atoms with E-state index < -0.39 is 0 Å². The summed E-state index contributed by atoms with van der Waals surface area (Å²) in [6.07, 6.45) is 8.88. The fourth-order valence-corrected chi connectivity index (χ4v) is 2.73. The van der Waals surface area contributed by atoms with Crippen molar-refractivity contribution in [1.29, 1.82) is 0 Å². The Bertz CT molecular complexity index is 486. The maximum atomic E-state index is 5.23. The number of hydrogen-bond acceptors (Lipinski definition) is 1. The van der Waals surface area contributed by atoms with Gasteiger partial charge in [-0.3, -0.25) is 0 Å². The molecule has 0 N–H and O–H groups in total. The molecule has 0 radical (unpaired) electrons. The molecule has 0 aromatic heterocycles. The van der Waals surface area contributed by atoms with Crippen molar-refractivity contribution in [2.45, 2.75) is 32.3 Å². The second kappa shape index (κ2) is 8.01. The molecule has 2 rings (SSSR count). The molecule has 2 atom stereocenters. The standard InChI is InChI=1S/C18H23BO/c1-3-17(11-15-7-4-5-10-19-13-15)18-9-6-8-16(12-18)14-20-2/h4-10,12-13,15,17H,3,11,14H2,1-2H3. The van der Waals surface area contributed by atoms with E-state index in [1.165, 1.54) is 24.0 Å². The molecule has 0 amide bonds. The van der Waals surface area contributed by atoms with Crippen LogP contribution in [-0.2, 0) is 11.3 Å². The van der Waals surface area contributed by atoms with E-state index in [0.717, 1.165) is 0 Å². The van der Waals surface area contributed by atoms with Gasteiger partial charge >= 0.3 is 123 Å². The molecule has 20 heavy (non-hydrogen) atoms. The summed E-state index contributed by atoms with van der Waals surface area (Å²) in [5.41, 5.74) is 2.69. The number of allylic oxidation sites excluding steroid dienone is 3. The van der Waals surface area contributed by atoms with Gasteiger partial charge in [0.1, 0.15) is 0 Å². The van der Waals surface area contributed by atoms with Crippen molar-refractivity contribution in [2.24, 2.45) is 5.92 Å². The average molecular weight is 266 g/mol. The Hall–Kier alpha value is -1.41. The van der Waals surface area contributed by atoms with Crippen LogP contribution in [0.1, 0.15) is 36.8 Å². The minimum atomic E-state index is 0.529. The van der Waals surface area contributed by atoms with Gasteiger partial charge in [0.15, 0.2) is 0 Å². The Balaban J connectivity index is 2.09. The Morgan fingerprint density at radius 2 is 2.20 bits per heavy atom. The van der Waals surface area contributed by atoms with Crippen molar-refractivity contribution in [1.82, 2.24) is 0 Å². The van der Waals surface area contributed by atoms with E-state index >= 15 is 0 Å². The van der Waals surface area contributed by atoms with Gasteiger partial charge in [-0.25, -0.2) is 0 Å². The molecule has 0 aliphatic carbocycles. The fourth-order valence-electron chi connectivity index (χ4n) is 2.73. The van der Waals surface area contributed by atoms with Gasteiger partial charge in [0.2, 0.25) is 0 Å². The summed E-state index contributed by atoms with van der Waals surface area (Å²) >= 11 is 0. The Labute approximate surface area is 123 Å². The first-order chi connectivity index (χ1) is 9.83. The zero-order chi connectivity index (χ0) is 14.2. The Morgan fingerprint density at radius 3 is 3.00 bits per heavy atom. The minimum absolute atomic E-state index is 0.529. The molecule has 1 aromatic carbocycles. The van der Waals surface area contributed by atoms with Gasteiger partial charge < -0.3 is 0 Å². The molecule has 1 aliphatic heterocycles. The molecular formula is C18H23BO. The van der Waals surface area contributed by atoms with Crippen molar-refractivity contribution in [3.8, 4) is 0 Å². The third kappa shape index (κ3) is 4.31. The van der Waals surface area contributed by atoms with Crippen LogP contribution in [0.25, 0.3) is 0 Å². The number of hydrogen-bond donors (Lipinski definition) is 0. The second-order valence-electron chi connectivity index (χ2n) is 5.34. The summed E-state index contributed by atoms with van der Waals surface area (Å²) in [7, 11) is 1.75. The van der Waals surface area contributed by atoms with E-state index in [1.807, 2.05) is 0 Å². The molecule has 104 valence electrons. The van der Waals surface area contributed by atoms with E-state index in [4.69, 9.17) is 4.74 Å². The molecule has 1 nitrogen and oxygen atoms in total. The zero-order valence-corrected chi connectivity index (χ0v) is 12.5. The van der Waals surface area contributed by atoms with Gasteiger partial charge in [0.05, 0.1) is 0 Å². The summed E-state index contributed by atoms with van der Waals surface area (Å²) in [4.78, 5) is 0. The molecule has 0 fully saturated rings. The SMILES string of the molecule is CCC(CC1C=BC=CC=C1)c1cccc(COC)c1. The van der Waals surface area contributed by atoms with Crippen LogP contribution >= 0.6 is 0 Å². The fraction of sp³-hybridized carbons (Fsp3) is 0.389. The van der Waals surface area contributed by atoms with Crippen molar-refractivity contribution >= 4 is 12.9 Å². The molecule has 0 bridgehead atoms. The topological polar surface area (TPSA) is 9.23 Å². The predicted molar refractivity (Wildman–Crippen MR) is 88.4 cm³/mol. The van der Waals surface area contributed by atoms with Gasteiger partial charge in [-0.2, -0.15) is 0 Å². The molecule has 1 aromatic rings. The van der Waals surface area contributed by atoms with E-state index in [2.05, 4.69) is 68.3 Å². The molecule has 0 spiro atoms. The van der Waals surface area contributed by atoms with Crippen LogP contribution in [0, 0.1) is 5.92 Å². The summed E-state index contributed by atoms with van der Waals surface area (Å²) in [6.45, 7) is 5.12. The van der Waals surface area contributed by atoms with Crippen molar-refractivity contribution < 1.29 is 4.74 Å². The Kier molecular flexibility index (Phi) is 6.00. The van der Waals surface area contributed by atoms with E-state index in [1.54, 1.807) is 7.11 Å². The number of ether oxygens (including phenoxy) is 1. The van der Waals surface area contributed by atoms with E-state index in [0.29, 0.717) is 18.4 Å². The normalized spacial score (nSPS) is 18.6. The van der Waals surface area contributed by atoms with E-state index in [-0.39, 0.29) is 0 Å². The average Bonchev–Trinajstić information content (AvgIpc) is 2.74. The van der Waals surface area contributed by atoms with Gasteiger partial charge in [0.25, 0.3) is 0 Å². The number of benzene rings is 1. The molecule has 0 saturated carbocycles. The molecule has 2 heteroatoms. The van der Waals surface area contributed by atoms with Crippen LogP contribution in [0.5, 0.6) is 0 Å². The van der Waals surface area contributed by atoms with Gasteiger partial charge in [-0.05, 0) is 0 Å². The van der Waals surface area contributed by atoms with Crippen LogP contribution in [0.3, 0.4) is 0 Å². The van der Waals surface area contributed by atoms with Gasteiger partial charge in [0, 0.05) is 0 Å². The first-order valence-electron chi connectivity index (χ1n) is 7.43. The zero-order valence-electron chi connectivity index (χ0n) is 12.5. The summed E-state index contributed by atoms with van der Waals surface area (Å²) in [5.74, 6) is 5.52. The van der Waals surface area contributed by atoms with E-state index in [9.17, 15) is 0 Å². The monoisotopic (exact) mass is 266 g/mol. The Morgan fingerprint density at radius 1 is 1.30 bits per heavy atom. The first kappa shape index (κ1) is 15.0. The number of rotatable bonds is 6. The summed E-state index contributed by atoms with van der Waals surface area (Å²) in [6, 6.07) is 8.82. The predicted octanol–water partition coefficient (Wildman–Crippen LogP) is 3.92. The van der Waals surface area contributed by atoms with Crippen LogP contribution < -0.4 is 0 Å². The second-order valence-corrected chi connectivity index (χ2v) is 5.34. The molecular weight excluding hydrogens is 243 g/mol. The van der Waals surface area contributed by atoms with Crippen molar-refractivity contribution in [2.75, 3.05) is 7.11 Å². The van der Waals surface area contributed by atoms with Crippen molar-refractivity contribution in [3.05, 3.63) is 59.6 Å².